The van der Waals surface area contributed by atoms with Gasteiger partial charge in [0.25, 0.3) is 0 Å². The van der Waals surface area contributed by atoms with E-state index in [2.05, 4.69) is 90.7 Å². The third-order valence-electron chi connectivity index (χ3n) is 11.2. The molecule has 0 aliphatic heterocycles. The van der Waals surface area contributed by atoms with Crippen LogP contribution in [0.1, 0.15) is 102 Å². The first-order valence-corrected chi connectivity index (χ1v) is 24.4. The summed E-state index contributed by atoms with van der Waals surface area (Å²) in [7, 11) is -4.20. The lowest BCUT2D eigenvalue weighted by molar-refractivity contribution is 0.0803. The number of nitrogens with one attached hydrogen (secondary N) is 1. The Morgan fingerprint density at radius 1 is 1.14 bits per heavy atom. The number of carbonyl (C=O) groups excluding carboxylic acids is 1. The number of hydrogen-bond acceptors (Lipinski definition) is 8. The van der Waals surface area contributed by atoms with Crippen molar-refractivity contribution in [3.05, 3.63) is 63.2 Å². The van der Waals surface area contributed by atoms with Gasteiger partial charge >= 0.3 is 0 Å². The molecule has 1 fully saturated rings. The summed E-state index contributed by atoms with van der Waals surface area (Å²) in [6, 6.07) is 1.50. The van der Waals surface area contributed by atoms with Crippen LogP contribution < -0.4 is 5.32 Å². The molecule has 0 spiro atoms. The van der Waals surface area contributed by atoms with Gasteiger partial charge in [0.2, 0.25) is 19.2 Å². The van der Waals surface area contributed by atoms with Crippen molar-refractivity contribution in [2.45, 2.75) is 133 Å². The van der Waals surface area contributed by atoms with Gasteiger partial charge in [0.05, 0.1) is 32.9 Å². The molecule has 13 heteroatoms. The number of thiophene rings is 1. The standard InChI is InChI=1S/C37H56Cl2FN3O4SSi2/c1-22(2)50(23(3)4,24(5)6)47-30-17-26(16-25(30)20-46-49(10,11)36(7,8)9)43-35-28(19-41-21-42-35)33(45)31-18-27(34(38)48-31)32(44)29-14-12-13-15-37(29,39)40/h12-15,18-19,21-26,29-30,32,44H,16-17,20H2,1-11H3,(H,41,42,43)/t25-,26-,29?,30+,32+,37?/m1/s1. The van der Waals surface area contributed by atoms with E-state index >= 15 is 4.39 Å². The number of carbonyl (C=O) groups is 1. The molecule has 6 atom stereocenters. The highest BCUT2D eigenvalue weighted by Gasteiger charge is 2.50. The van der Waals surface area contributed by atoms with E-state index in [9.17, 15) is 9.90 Å². The monoisotopic (exact) mass is 783 g/mol. The van der Waals surface area contributed by atoms with Gasteiger partial charge in [-0.05, 0) is 59.7 Å². The summed E-state index contributed by atoms with van der Waals surface area (Å²) >= 11 is 13.6. The summed E-state index contributed by atoms with van der Waals surface area (Å²) in [6.45, 7) is 25.8. The fourth-order valence-electron chi connectivity index (χ4n) is 7.48. The Balaban J connectivity index is 1.60. The third-order valence-corrected chi connectivity index (χ3v) is 23.6. The van der Waals surface area contributed by atoms with Crippen molar-refractivity contribution in [1.29, 1.82) is 0 Å². The lowest BCUT2D eigenvalue weighted by atomic mass is 9.89. The molecule has 2 unspecified atom stereocenters. The maximum Gasteiger partial charge on any atom is 0.211 e. The smallest absolute Gasteiger partial charge is 0.211 e. The van der Waals surface area contributed by atoms with Crippen molar-refractivity contribution in [3.8, 4) is 0 Å². The summed E-state index contributed by atoms with van der Waals surface area (Å²) in [5.41, 5.74) is 1.87. The molecule has 0 radical (unpaired) electrons. The van der Waals surface area contributed by atoms with E-state index in [1.165, 1.54) is 36.8 Å². The van der Waals surface area contributed by atoms with Crippen LogP contribution in [0.5, 0.6) is 0 Å². The molecule has 0 saturated heterocycles. The topological polar surface area (TPSA) is 93.6 Å². The van der Waals surface area contributed by atoms with Crippen LogP contribution in [0, 0.1) is 11.8 Å². The molecule has 0 bridgehead atoms. The van der Waals surface area contributed by atoms with Crippen LogP contribution in [0.4, 0.5) is 10.2 Å². The summed E-state index contributed by atoms with van der Waals surface area (Å²) in [5, 5.41) is 12.5. The number of allylic oxidation sites excluding steroid dienone is 3. The Kier molecular flexibility index (Phi) is 13.1. The maximum atomic E-state index is 15.0. The van der Waals surface area contributed by atoms with Gasteiger partial charge < -0.3 is 19.3 Å². The van der Waals surface area contributed by atoms with Crippen LogP contribution in [0.15, 0.2) is 42.9 Å². The minimum atomic E-state index is -2.29. The fourth-order valence-corrected chi connectivity index (χ4v) is 15.7. The van der Waals surface area contributed by atoms with Gasteiger partial charge in [0.15, 0.2) is 8.32 Å². The van der Waals surface area contributed by atoms with Gasteiger partial charge in [-0.1, -0.05) is 104 Å². The van der Waals surface area contributed by atoms with Crippen LogP contribution in [0.25, 0.3) is 0 Å². The Labute approximate surface area is 314 Å². The highest BCUT2D eigenvalue weighted by atomic mass is 35.5. The zero-order valence-corrected chi connectivity index (χ0v) is 35.7. The average molecular weight is 785 g/mol. The number of nitrogens with zero attached hydrogens (tertiary/aromatic N) is 2. The molecule has 7 nitrogen and oxygen atoms in total. The molecule has 50 heavy (non-hydrogen) atoms. The van der Waals surface area contributed by atoms with Crippen molar-refractivity contribution in [1.82, 2.24) is 9.97 Å². The molecule has 2 N–H and O–H groups in total. The largest absolute Gasteiger partial charge is 0.416 e. The Bertz CT molecular complexity index is 1540. The zero-order chi connectivity index (χ0) is 37.4. The van der Waals surface area contributed by atoms with E-state index in [0.29, 0.717) is 29.0 Å². The molecule has 4 rings (SSSR count). The quantitative estimate of drug-likeness (QED) is 0.112. The normalized spacial score (nSPS) is 25.2. The third kappa shape index (κ3) is 8.67. The highest BCUT2D eigenvalue weighted by Crippen LogP contribution is 2.48. The molecule has 2 aromatic heterocycles. The first-order valence-electron chi connectivity index (χ1n) is 17.8. The predicted octanol–water partition coefficient (Wildman–Crippen LogP) is 10.9. The zero-order valence-electron chi connectivity index (χ0n) is 31.4. The number of rotatable bonds is 14. The number of aliphatic hydroxyl groups is 1. The molecule has 0 aromatic carbocycles. The van der Waals surface area contributed by atoms with Crippen LogP contribution in [0.3, 0.4) is 0 Å². The van der Waals surface area contributed by atoms with E-state index in [0.717, 1.165) is 24.2 Å². The number of alkyl halides is 2. The second kappa shape index (κ2) is 15.9. The van der Waals surface area contributed by atoms with Gasteiger partial charge in [-0.3, -0.25) is 4.79 Å². The minimum Gasteiger partial charge on any atom is -0.416 e. The molecule has 2 aliphatic carbocycles. The maximum absolute atomic E-state index is 15.0. The Hall–Kier alpha value is -1.45. The lowest BCUT2D eigenvalue weighted by Gasteiger charge is -2.45. The van der Waals surface area contributed by atoms with Gasteiger partial charge in [0.1, 0.15) is 12.1 Å². The molecule has 1 saturated carbocycles. The van der Waals surface area contributed by atoms with E-state index in [1.54, 1.807) is 6.08 Å². The van der Waals surface area contributed by atoms with Gasteiger partial charge in [-0.2, -0.15) is 0 Å². The first kappa shape index (κ1) is 41.3. The molecular weight excluding hydrogens is 729 g/mol. The van der Waals surface area contributed by atoms with Crippen molar-refractivity contribution < 1.29 is 23.1 Å². The Morgan fingerprint density at radius 3 is 2.36 bits per heavy atom. The molecule has 2 aromatic rings. The summed E-state index contributed by atoms with van der Waals surface area (Å²) in [5.74, 6) is -0.810. The van der Waals surface area contributed by atoms with Gasteiger partial charge in [-0.15, -0.1) is 11.3 Å². The number of ketones is 1. The van der Waals surface area contributed by atoms with Gasteiger partial charge in [0, 0.05) is 30.3 Å². The first-order chi connectivity index (χ1) is 23.1. The molecule has 0 amide bonds. The molecule has 2 heterocycles. The van der Waals surface area contributed by atoms with Crippen LogP contribution in [-0.2, 0) is 8.85 Å². The number of hydrogen-bond donors (Lipinski definition) is 2. The second-order valence-corrected chi connectivity index (χ2v) is 28.9. The minimum absolute atomic E-state index is 0.00510. The van der Waals surface area contributed by atoms with Crippen LogP contribution >= 0.6 is 34.5 Å². The fraction of sp³-hybridized carbons (Fsp3) is 0.649. The van der Waals surface area contributed by atoms with Crippen LogP contribution in [-0.4, -0.2) is 61.4 Å². The van der Waals surface area contributed by atoms with Crippen molar-refractivity contribution in [2.75, 3.05) is 11.9 Å². The summed E-state index contributed by atoms with van der Waals surface area (Å²) in [4.78, 5) is 22.9. The number of aliphatic hydroxyl groups excluding tert-OH is 1. The summed E-state index contributed by atoms with van der Waals surface area (Å²) in [6.07, 6.45) is 8.95. The van der Waals surface area contributed by atoms with Crippen LogP contribution in [0.2, 0.25) is 39.1 Å². The van der Waals surface area contributed by atoms with Crippen molar-refractivity contribution >= 4 is 62.8 Å². The SMILES string of the molecule is CC(C)[Si](O[C@H]1C[C@H](Nc2ncncc2C(=O)c2cc([C@H](O)C3C=CC=CC3(F)Cl)c(Cl)s2)C[C@@H]1CO[Si](C)(C)C(C)(C)C)(C(C)C)C(C)C. The lowest BCUT2D eigenvalue weighted by Crippen LogP contribution is -2.51. The van der Waals surface area contributed by atoms with Crippen molar-refractivity contribution in [2.24, 2.45) is 11.8 Å². The average Bonchev–Trinajstić information content (AvgIpc) is 3.59. The van der Waals surface area contributed by atoms with E-state index < -0.39 is 33.8 Å². The number of anilines is 1. The van der Waals surface area contributed by atoms with E-state index in [4.69, 9.17) is 32.1 Å². The molecular formula is C37H56Cl2FN3O4SSi2. The second-order valence-electron chi connectivity index (χ2n) is 16.5. The molecule has 278 valence electrons. The number of halogens is 3. The number of aromatic nitrogens is 2. The Morgan fingerprint density at radius 2 is 1.78 bits per heavy atom. The van der Waals surface area contributed by atoms with E-state index in [-0.39, 0.29) is 49.2 Å². The van der Waals surface area contributed by atoms with E-state index in [1.807, 2.05) is 0 Å². The highest BCUT2D eigenvalue weighted by molar-refractivity contribution is 7.18. The predicted molar refractivity (Wildman–Crippen MR) is 210 cm³/mol. The molecule has 2 aliphatic rings. The summed E-state index contributed by atoms with van der Waals surface area (Å²) < 4.78 is 29.4. The van der Waals surface area contributed by atoms with Crippen molar-refractivity contribution in [3.63, 3.8) is 0 Å². The van der Waals surface area contributed by atoms with Gasteiger partial charge in [-0.25, -0.2) is 14.4 Å².